The standard InChI is InChI=1S/C20H23N3O2/c1-25-20-9-3-2-7-18(20)16-22(12-13-24)15-17-6-4-8-19(14-17)23-11-5-10-21-23/h2-11,14,24H,12-13,15-16H2,1H3. The molecule has 25 heavy (non-hydrogen) atoms. The van der Waals surface area contributed by atoms with E-state index in [4.69, 9.17) is 4.74 Å². The Balaban J connectivity index is 1.77. The molecule has 1 N–H and O–H groups in total. The second-order valence-corrected chi connectivity index (χ2v) is 5.87. The zero-order valence-corrected chi connectivity index (χ0v) is 14.4. The fourth-order valence-electron chi connectivity index (χ4n) is 2.91. The Hall–Kier alpha value is -2.63. The van der Waals surface area contributed by atoms with Gasteiger partial charge >= 0.3 is 0 Å². The second-order valence-electron chi connectivity index (χ2n) is 5.87. The summed E-state index contributed by atoms with van der Waals surface area (Å²) in [5, 5.41) is 13.7. The predicted octanol–water partition coefficient (Wildman–Crippen LogP) is 2.88. The van der Waals surface area contributed by atoms with E-state index in [-0.39, 0.29) is 6.61 Å². The SMILES string of the molecule is COc1ccccc1CN(CCO)Cc1cccc(-n2cccn2)c1. The van der Waals surface area contributed by atoms with Crippen LogP contribution in [0.25, 0.3) is 5.69 Å². The number of para-hydroxylation sites is 1. The number of benzene rings is 2. The molecule has 0 aliphatic carbocycles. The average Bonchev–Trinajstić information content (AvgIpc) is 3.17. The van der Waals surface area contributed by atoms with Crippen LogP contribution in [0, 0.1) is 0 Å². The molecule has 1 aromatic heterocycles. The Kier molecular flexibility index (Phi) is 5.82. The van der Waals surface area contributed by atoms with Crippen molar-refractivity contribution in [3.05, 3.63) is 78.1 Å². The fraction of sp³-hybridized carbons (Fsp3) is 0.250. The molecule has 1 heterocycles. The Bertz CT molecular complexity index is 787. The minimum atomic E-state index is 0.119. The monoisotopic (exact) mass is 337 g/mol. The van der Waals surface area contributed by atoms with Gasteiger partial charge in [-0.3, -0.25) is 4.90 Å². The van der Waals surface area contributed by atoms with Crippen LogP contribution in [0.4, 0.5) is 0 Å². The summed E-state index contributed by atoms with van der Waals surface area (Å²) in [7, 11) is 1.68. The van der Waals surface area contributed by atoms with Crippen LogP contribution in [0.15, 0.2) is 67.0 Å². The molecule has 5 heteroatoms. The summed E-state index contributed by atoms with van der Waals surface area (Å²) >= 11 is 0. The molecule has 0 unspecified atom stereocenters. The van der Waals surface area contributed by atoms with Gasteiger partial charge in [-0.25, -0.2) is 4.68 Å². The summed E-state index contributed by atoms with van der Waals surface area (Å²) in [4.78, 5) is 2.21. The van der Waals surface area contributed by atoms with Gasteiger partial charge in [0.25, 0.3) is 0 Å². The predicted molar refractivity (Wildman–Crippen MR) is 97.8 cm³/mol. The van der Waals surface area contributed by atoms with E-state index in [0.29, 0.717) is 6.54 Å². The summed E-state index contributed by atoms with van der Waals surface area (Å²) < 4.78 is 7.29. The summed E-state index contributed by atoms with van der Waals surface area (Å²) in [5.74, 6) is 0.871. The molecular weight excluding hydrogens is 314 g/mol. The molecule has 0 spiro atoms. The van der Waals surface area contributed by atoms with Crippen LogP contribution in [-0.4, -0.2) is 40.0 Å². The van der Waals surface area contributed by atoms with Gasteiger partial charge in [-0.15, -0.1) is 0 Å². The topological polar surface area (TPSA) is 50.5 Å². The number of nitrogens with zero attached hydrogens (tertiary/aromatic N) is 3. The van der Waals surface area contributed by atoms with Crippen LogP contribution < -0.4 is 4.74 Å². The van der Waals surface area contributed by atoms with Gasteiger partial charge in [-0.1, -0.05) is 30.3 Å². The Morgan fingerprint density at radius 3 is 2.72 bits per heavy atom. The molecule has 0 amide bonds. The minimum absolute atomic E-state index is 0.119. The van der Waals surface area contributed by atoms with E-state index in [1.54, 1.807) is 13.3 Å². The highest BCUT2D eigenvalue weighted by Crippen LogP contribution is 2.20. The van der Waals surface area contributed by atoms with Crippen molar-refractivity contribution in [1.82, 2.24) is 14.7 Å². The molecule has 0 atom stereocenters. The van der Waals surface area contributed by atoms with Gasteiger partial charge in [-0.2, -0.15) is 5.10 Å². The van der Waals surface area contributed by atoms with Crippen LogP contribution in [-0.2, 0) is 13.1 Å². The smallest absolute Gasteiger partial charge is 0.123 e. The summed E-state index contributed by atoms with van der Waals surface area (Å²) in [6, 6.07) is 18.2. The largest absolute Gasteiger partial charge is 0.496 e. The Labute approximate surface area is 148 Å². The third-order valence-corrected chi connectivity index (χ3v) is 4.09. The number of aliphatic hydroxyl groups is 1. The van der Waals surface area contributed by atoms with Crippen molar-refractivity contribution in [3.63, 3.8) is 0 Å². The molecule has 0 saturated heterocycles. The van der Waals surface area contributed by atoms with Gasteiger partial charge in [0.2, 0.25) is 0 Å². The third kappa shape index (κ3) is 4.47. The fourth-order valence-corrected chi connectivity index (χ4v) is 2.91. The molecule has 0 bridgehead atoms. The Morgan fingerprint density at radius 1 is 1.08 bits per heavy atom. The van der Waals surface area contributed by atoms with E-state index in [9.17, 15) is 5.11 Å². The zero-order chi connectivity index (χ0) is 17.5. The van der Waals surface area contributed by atoms with Gasteiger partial charge in [0.1, 0.15) is 5.75 Å². The van der Waals surface area contributed by atoms with Crippen LogP contribution >= 0.6 is 0 Å². The first-order valence-electron chi connectivity index (χ1n) is 8.34. The molecule has 0 radical (unpaired) electrons. The van der Waals surface area contributed by atoms with Crippen molar-refractivity contribution in [1.29, 1.82) is 0 Å². The molecule has 3 aromatic rings. The van der Waals surface area contributed by atoms with Crippen molar-refractivity contribution in [2.24, 2.45) is 0 Å². The lowest BCUT2D eigenvalue weighted by Gasteiger charge is -2.23. The first kappa shape index (κ1) is 17.2. The Morgan fingerprint density at radius 2 is 1.96 bits per heavy atom. The van der Waals surface area contributed by atoms with E-state index >= 15 is 0 Å². The van der Waals surface area contributed by atoms with Gasteiger partial charge < -0.3 is 9.84 Å². The van der Waals surface area contributed by atoms with E-state index < -0.39 is 0 Å². The van der Waals surface area contributed by atoms with Crippen molar-refractivity contribution in [2.75, 3.05) is 20.3 Å². The van der Waals surface area contributed by atoms with Crippen LogP contribution in [0.1, 0.15) is 11.1 Å². The van der Waals surface area contributed by atoms with E-state index in [1.807, 2.05) is 47.3 Å². The van der Waals surface area contributed by atoms with E-state index in [2.05, 4.69) is 28.2 Å². The van der Waals surface area contributed by atoms with Crippen LogP contribution in [0.2, 0.25) is 0 Å². The van der Waals surface area contributed by atoms with E-state index in [0.717, 1.165) is 30.1 Å². The molecule has 0 fully saturated rings. The minimum Gasteiger partial charge on any atom is -0.496 e. The number of hydrogen-bond acceptors (Lipinski definition) is 4. The molecule has 5 nitrogen and oxygen atoms in total. The molecule has 0 saturated carbocycles. The highest BCUT2D eigenvalue weighted by molar-refractivity contribution is 5.36. The van der Waals surface area contributed by atoms with Gasteiger partial charge in [0, 0.05) is 37.6 Å². The highest BCUT2D eigenvalue weighted by Gasteiger charge is 2.10. The summed E-state index contributed by atoms with van der Waals surface area (Å²) in [6.45, 7) is 2.18. The van der Waals surface area contributed by atoms with Crippen LogP contribution in [0.5, 0.6) is 5.75 Å². The van der Waals surface area contributed by atoms with Crippen molar-refractivity contribution < 1.29 is 9.84 Å². The summed E-state index contributed by atoms with van der Waals surface area (Å²) in [5.41, 5.74) is 3.32. The molecule has 130 valence electrons. The number of methoxy groups -OCH3 is 1. The second kappa shape index (κ2) is 8.46. The summed E-state index contributed by atoms with van der Waals surface area (Å²) in [6.07, 6.45) is 3.70. The average molecular weight is 337 g/mol. The quantitative estimate of drug-likeness (QED) is 0.687. The number of aromatic nitrogens is 2. The number of hydrogen-bond donors (Lipinski definition) is 1. The molecule has 0 aliphatic rings. The van der Waals surface area contributed by atoms with Crippen molar-refractivity contribution in [2.45, 2.75) is 13.1 Å². The molecule has 0 aliphatic heterocycles. The normalized spacial score (nSPS) is 11.0. The maximum absolute atomic E-state index is 9.44. The lowest BCUT2D eigenvalue weighted by Crippen LogP contribution is -2.26. The maximum Gasteiger partial charge on any atom is 0.123 e. The molecular formula is C20H23N3O2. The van der Waals surface area contributed by atoms with Gasteiger partial charge in [0.05, 0.1) is 19.4 Å². The zero-order valence-electron chi connectivity index (χ0n) is 14.4. The van der Waals surface area contributed by atoms with Crippen LogP contribution in [0.3, 0.4) is 0 Å². The lowest BCUT2D eigenvalue weighted by molar-refractivity contribution is 0.183. The number of aliphatic hydroxyl groups excluding tert-OH is 1. The number of rotatable bonds is 8. The van der Waals surface area contributed by atoms with Crippen molar-refractivity contribution in [3.8, 4) is 11.4 Å². The third-order valence-electron chi connectivity index (χ3n) is 4.09. The highest BCUT2D eigenvalue weighted by atomic mass is 16.5. The maximum atomic E-state index is 9.44. The van der Waals surface area contributed by atoms with Gasteiger partial charge in [0.15, 0.2) is 0 Å². The first-order chi connectivity index (χ1) is 12.3. The van der Waals surface area contributed by atoms with E-state index in [1.165, 1.54) is 5.56 Å². The first-order valence-corrected chi connectivity index (χ1v) is 8.34. The van der Waals surface area contributed by atoms with Crippen molar-refractivity contribution >= 4 is 0 Å². The number of ether oxygens (including phenoxy) is 1. The molecule has 3 rings (SSSR count). The molecule has 2 aromatic carbocycles. The lowest BCUT2D eigenvalue weighted by atomic mass is 10.1. The van der Waals surface area contributed by atoms with Gasteiger partial charge in [-0.05, 0) is 29.8 Å².